The Morgan fingerprint density at radius 3 is 2.59 bits per heavy atom. The highest BCUT2D eigenvalue weighted by Crippen LogP contribution is 2.23. The number of nitrogens with one attached hydrogen (secondary N) is 5. The third-order valence-corrected chi connectivity index (χ3v) is 5.66. The molecule has 0 spiro atoms. The van der Waals surface area contributed by atoms with Gasteiger partial charge < -0.3 is 41.5 Å². The second-order valence-corrected chi connectivity index (χ2v) is 8.73. The van der Waals surface area contributed by atoms with Gasteiger partial charge in [-0.05, 0) is 25.0 Å². The number of ether oxygens (including phenoxy) is 1. The van der Waals surface area contributed by atoms with E-state index in [9.17, 15) is 24.6 Å². The lowest BCUT2D eigenvalue weighted by Crippen LogP contribution is -2.51. The summed E-state index contributed by atoms with van der Waals surface area (Å²) in [7, 11) is 0. The third kappa shape index (κ3) is 11.7. The van der Waals surface area contributed by atoms with Crippen molar-refractivity contribution in [2.45, 2.75) is 57.9 Å². The maximum Gasteiger partial charge on any atom is 0.328 e. The van der Waals surface area contributed by atoms with E-state index < -0.39 is 23.9 Å². The van der Waals surface area contributed by atoms with Gasteiger partial charge in [0.2, 0.25) is 0 Å². The Balaban J connectivity index is 1.72. The summed E-state index contributed by atoms with van der Waals surface area (Å²) in [6.07, 6.45) is 7.45. The van der Waals surface area contributed by atoms with Crippen molar-refractivity contribution in [2.75, 3.05) is 39.3 Å². The van der Waals surface area contributed by atoms with Crippen LogP contribution in [0.3, 0.4) is 0 Å². The summed E-state index contributed by atoms with van der Waals surface area (Å²) >= 11 is 0. The van der Waals surface area contributed by atoms with E-state index in [0.29, 0.717) is 25.4 Å². The molecular weight excluding hydrogens is 480 g/mol. The summed E-state index contributed by atoms with van der Waals surface area (Å²) < 4.78 is 5.58. The van der Waals surface area contributed by atoms with E-state index in [1.54, 1.807) is 0 Å². The summed E-state index contributed by atoms with van der Waals surface area (Å²) in [5.41, 5.74) is -0.0390. The number of carbonyl (C=O) groups is 3. The number of aliphatic imine (C=N–C) groups is 1. The molecule has 0 aliphatic carbocycles. The van der Waals surface area contributed by atoms with Crippen LogP contribution in [-0.4, -0.2) is 79.5 Å². The highest BCUT2D eigenvalue weighted by Gasteiger charge is 2.22. The smallest absolute Gasteiger partial charge is 0.328 e. The molecule has 12 heteroatoms. The number of phenols is 1. The number of phenolic OH excluding ortho intramolecular Hbond substituents is 1. The molecule has 1 unspecified atom stereocenters. The lowest BCUT2D eigenvalue weighted by Gasteiger charge is -2.17. The molecule has 0 saturated heterocycles. The number of nitrogens with zero attached hydrogens (tertiary/aromatic N) is 1. The molecule has 1 aromatic carbocycles. The molecule has 0 fully saturated rings. The Kier molecular flexibility index (Phi) is 13.5. The zero-order chi connectivity index (χ0) is 26.9. The van der Waals surface area contributed by atoms with E-state index >= 15 is 0 Å². The second-order valence-electron chi connectivity index (χ2n) is 8.73. The number of guanidine groups is 1. The van der Waals surface area contributed by atoms with Crippen molar-refractivity contribution in [1.82, 2.24) is 26.6 Å². The van der Waals surface area contributed by atoms with Crippen molar-refractivity contribution in [3.05, 3.63) is 23.8 Å². The Hall–Kier alpha value is -3.70. The van der Waals surface area contributed by atoms with Crippen molar-refractivity contribution < 1.29 is 29.3 Å². The Morgan fingerprint density at radius 1 is 1.11 bits per heavy atom. The first-order valence-electron chi connectivity index (χ1n) is 12.9. The number of unbranched alkanes of at least 4 members (excludes halogenated alkanes) is 5. The van der Waals surface area contributed by atoms with Gasteiger partial charge in [0.05, 0.1) is 12.1 Å². The van der Waals surface area contributed by atoms with Crippen LogP contribution in [0.15, 0.2) is 23.2 Å². The van der Waals surface area contributed by atoms with Gasteiger partial charge in [0, 0.05) is 32.2 Å². The van der Waals surface area contributed by atoms with Crippen molar-refractivity contribution in [1.29, 1.82) is 0 Å². The first kappa shape index (κ1) is 29.5. The average Bonchev–Trinajstić information content (AvgIpc) is 2.89. The lowest BCUT2D eigenvalue weighted by molar-refractivity contribution is -0.139. The van der Waals surface area contributed by atoms with E-state index in [1.165, 1.54) is 37.5 Å². The van der Waals surface area contributed by atoms with Crippen LogP contribution in [0.5, 0.6) is 11.5 Å². The van der Waals surface area contributed by atoms with Crippen LogP contribution in [0.25, 0.3) is 0 Å². The fraction of sp³-hybridized carbons (Fsp3) is 0.600. The molecule has 1 aliphatic heterocycles. The predicted molar refractivity (Wildman–Crippen MR) is 140 cm³/mol. The quantitative estimate of drug-likeness (QED) is 0.161. The fourth-order valence-electron chi connectivity index (χ4n) is 3.59. The number of carboxylic acid groups (broad SMARTS) is 1. The molecule has 0 saturated carbocycles. The summed E-state index contributed by atoms with van der Waals surface area (Å²) in [4.78, 5) is 40.3. The number of aromatic hydroxyl groups is 1. The molecule has 1 aliphatic rings. The zero-order valence-corrected chi connectivity index (χ0v) is 21.5. The molecule has 0 aromatic heterocycles. The zero-order valence-electron chi connectivity index (χ0n) is 21.5. The van der Waals surface area contributed by atoms with Gasteiger partial charge in [-0.25, -0.2) is 9.59 Å². The van der Waals surface area contributed by atoms with Crippen LogP contribution in [-0.2, 0) is 4.79 Å². The maximum absolute atomic E-state index is 12.5. The second kappa shape index (κ2) is 16.9. The topological polar surface area (TPSA) is 173 Å². The molecule has 0 bridgehead atoms. The van der Waals surface area contributed by atoms with E-state index in [-0.39, 0.29) is 17.9 Å². The van der Waals surface area contributed by atoms with Gasteiger partial charge in [-0.2, -0.15) is 0 Å². The highest BCUT2D eigenvalue weighted by molar-refractivity contribution is 5.97. The lowest BCUT2D eigenvalue weighted by atomic mass is 10.1. The van der Waals surface area contributed by atoms with Gasteiger partial charge in [-0.1, -0.05) is 39.0 Å². The summed E-state index contributed by atoms with van der Waals surface area (Å²) in [5, 5.41) is 33.3. The van der Waals surface area contributed by atoms with Crippen LogP contribution >= 0.6 is 0 Å². The molecular formula is C25H40N6O6. The Bertz CT molecular complexity index is 910. The normalized spacial score (nSPS) is 13.5. The van der Waals surface area contributed by atoms with Crippen LogP contribution in [0, 0.1) is 0 Å². The number of hydrogen-bond acceptors (Lipinski definition) is 8. The highest BCUT2D eigenvalue weighted by atomic mass is 16.5. The molecule has 3 amide bonds. The Labute approximate surface area is 217 Å². The van der Waals surface area contributed by atoms with Crippen molar-refractivity contribution >= 4 is 23.9 Å². The fourth-order valence-corrected chi connectivity index (χ4v) is 3.59. The number of aliphatic carboxylic acids is 1. The van der Waals surface area contributed by atoms with Gasteiger partial charge in [0.1, 0.15) is 24.1 Å². The molecule has 206 valence electrons. The number of carbonyl (C=O) groups excluding carboxylic acids is 2. The van der Waals surface area contributed by atoms with Gasteiger partial charge in [-0.3, -0.25) is 9.79 Å². The number of urea groups is 1. The number of amides is 3. The number of rotatable bonds is 16. The monoisotopic (exact) mass is 520 g/mol. The predicted octanol–water partition coefficient (Wildman–Crippen LogP) is 1.55. The van der Waals surface area contributed by atoms with Crippen LogP contribution < -0.4 is 31.3 Å². The van der Waals surface area contributed by atoms with Crippen LogP contribution in [0.1, 0.15) is 62.2 Å². The number of benzene rings is 1. The van der Waals surface area contributed by atoms with Crippen molar-refractivity contribution in [3.8, 4) is 11.5 Å². The molecule has 7 N–H and O–H groups in total. The van der Waals surface area contributed by atoms with Gasteiger partial charge in [-0.15, -0.1) is 0 Å². The number of hydrogen-bond donors (Lipinski definition) is 7. The molecule has 1 atom stereocenters. The Morgan fingerprint density at radius 2 is 1.89 bits per heavy atom. The third-order valence-electron chi connectivity index (χ3n) is 5.66. The van der Waals surface area contributed by atoms with Crippen LogP contribution in [0.2, 0.25) is 0 Å². The van der Waals surface area contributed by atoms with E-state index in [2.05, 4.69) is 38.5 Å². The maximum atomic E-state index is 12.5. The largest absolute Gasteiger partial charge is 0.507 e. The standard InChI is InChI=1S/C25H40N6O6/c1-2-3-4-5-6-7-11-29-25(36)31-20(23(34)35)17-30-22(33)19-10-9-18(16-21(19)32)37-15-14-28-24-26-12-8-13-27-24/h9-10,16,20,32H,2-8,11-15,17H2,1H3,(H,30,33)(H,34,35)(H2,26,27,28)(H2,29,31,36). The first-order chi connectivity index (χ1) is 17.9. The van der Waals surface area contributed by atoms with E-state index in [1.807, 2.05) is 0 Å². The minimum atomic E-state index is -1.32. The van der Waals surface area contributed by atoms with E-state index in [0.717, 1.165) is 44.7 Å². The minimum Gasteiger partial charge on any atom is -0.507 e. The van der Waals surface area contributed by atoms with Gasteiger partial charge in [0.15, 0.2) is 5.96 Å². The molecule has 0 radical (unpaired) electrons. The average molecular weight is 521 g/mol. The SMILES string of the molecule is CCCCCCCCNC(=O)NC(CNC(=O)c1ccc(OCCNC2=NCCCN2)cc1O)C(=O)O. The van der Waals surface area contributed by atoms with Gasteiger partial charge >= 0.3 is 12.0 Å². The van der Waals surface area contributed by atoms with Crippen LogP contribution in [0.4, 0.5) is 4.79 Å². The van der Waals surface area contributed by atoms with Crippen molar-refractivity contribution in [3.63, 3.8) is 0 Å². The molecule has 1 aromatic rings. The van der Waals surface area contributed by atoms with Gasteiger partial charge in [0.25, 0.3) is 5.91 Å². The summed E-state index contributed by atoms with van der Waals surface area (Å²) in [6.45, 7) is 4.72. The molecule has 12 nitrogen and oxygen atoms in total. The summed E-state index contributed by atoms with van der Waals surface area (Å²) in [6, 6.07) is 2.30. The first-order valence-corrected chi connectivity index (χ1v) is 12.9. The van der Waals surface area contributed by atoms with Crippen molar-refractivity contribution in [2.24, 2.45) is 4.99 Å². The summed E-state index contributed by atoms with van der Waals surface area (Å²) in [5.74, 6) is -1.16. The number of carboxylic acids is 1. The molecule has 1 heterocycles. The van der Waals surface area contributed by atoms with E-state index in [4.69, 9.17) is 4.74 Å². The molecule has 37 heavy (non-hydrogen) atoms. The molecule has 2 rings (SSSR count). The minimum absolute atomic E-state index is 0.0390.